The van der Waals surface area contributed by atoms with Gasteiger partial charge in [-0.05, 0) is 37.6 Å². The average Bonchev–Trinajstić information content (AvgIpc) is 2.79. The van der Waals surface area contributed by atoms with Crippen LogP contribution in [-0.4, -0.2) is 62.1 Å². The van der Waals surface area contributed by atoms with Gasteiger partial charge in [-0.2, -0.15) is 13.2 Å². The van der Waals surface area contributed by atoms with Crippen molar-refractivity contribution in [2.75, 3.05) is 46.4 Å². The summed E-state index contributed by atoms with van der Waals surface area (Å²) in [5.74, 6) is -0.333. The first kappa shape index (κ1) is 18.7. The van der Waals surface area contributed by atoms with E-state index >= 15 is 0 Å². The van der Waals surface area contributed by atoms with Crippen molar-refractivity contribution < 1.29 is 22.7 Å². The van der Waals surface area contributed by atoms with Crippen molar-refractivity contribution in [1.29, 1.82) is 0 Å². The molecule has 0 saturated carbocycles. The minimum absolute atomic E-state index is 0.0951. The van der Waals surface area contributed by atoms with Crippen LogP contribution in [0.3, 0.4) is 0 Å². The number of ether oxygens (including phenoxy) is 1. The fraction of sp³-hybridized carbons (Fsp3) is 0.588. The van der Waals surface area contributed by atoms with Crippen LogP contribution < -0.4 is 0 Å². The van der Waals surface area contributed by atoms with Gasteiger partial charge in [0.15, 0.2) is 0 Å². The Bertz CT molecular complexity index is 549. The molecule has 0 spiro atoms. The molecule has 1 saturated heterocycles. The normalized spacial score (nSPS) is 16.9. The lowest BCUT2D eigenvalue weighted by Gasteiger charge is -2.22. The van der Waals surface area contributed by atoms with Gasteiger partial charge in [-0.15, -0.1) is 0 Å². The maximum atomic E-state index is 12.8. The number of carbonyl (C=O) groups is 1. The van der Waals surface area contributed by atoms with E-state index < -0.39 is 11.7 Å². The van der Waals surface area contributed by atoms with E-state index in [1.165, 1.54) is 12.1 Å². The summed E-state index contributed by atoms with van der Waals surface area (Å²) in [4.78, 5) is 16.4. The van der Waals surface area contributed by atoms with E-state index in [0.717, 1.165) is 44.6 Å². The molecule has 1 aliphatic heterocycles. The highest BCUT2D eigenvalue weighted by atomic mass is 19.4. The summed E-state index contributed by atoms with van der Waals surface area (Å²) in [6, 6.07) is 4.64. The van der Waals surface area contributed by atoms with Gasteiger partial charge in [0.1, 0.15) is 0 Å². The standard InChI is InChI=1S/C17H23F3N2O2/c1-24-12-4-8-21-7-3-9-22(11-10-21)16(23)14-5-2-6-15(13-14)17(18,19)20/h2,5-6,13H,3-4,7-12H2,1H3. The molecule has 1 aliphatic rings. The highest BCUT2D eigenvalue weighted by Crippen LogP contribution is 2.29. The Kier molecular flexibility index (Phi) is 6.62. The van der Waals surface area contributed by atoms with Crippen LogP contribution in [0.25, 0.3) is 0 Å². The molecule has 1 amide bonds. The van der Waals surface area contributed by atoms with Crippen LogP contribution in [0.5, 0.6) is 0 Å². The van der Waals surface area contributed by atoms with E-state index in [1.807, 2.05) is 0 Å². The summed E-state index contributed by atoms with van der Waals surface area (Å²) in [6.45, 7) is 4.31. The summed E-state index contributed by atoms with van der Waals surface area (Å²) < 4.78 is 43.4. The molecule has 1 fully saturated rings. The molecule has 1 aromatic rings. The molecule has 7 heteroatoms. The van der Waals surface area contributed by atoms with Crippen molar-refractivity contribution in [3.8, 4) is 0 Å². The smallest absolute Gasteiger partial charge is 0.385 e. The summed E-state index contributed by atoms with van der Waals surface area (Å²) in [7, 11) is 1.66. The summed E-state index contributed by atoms with van der Waals surface area (Å²) in [5, 5.41) is 0. The highest BCUT2D eigenvalue weighted by molar-refractivity contribution is 5.94. The second kappa shape index (κ2) is 8.48. The minimum atomic E-state index is -4.44. The van der Waals surface area contributed by atoms with Crippen LogP contribution in [0.1, 0.15) is 28.8 Å². The van der Waals surface area contributed by atoms with Crippen LogP contribution in [-0.2, 0) is 10.9 Å². The average molecular weight is 344 g/mol. The zero-order valence-electron chi connectivity index (χ0n) is 13.8. The SMILES string of the molecule is COCCCN1CCCN(C(=O)c2cccc(C(F)(F)F)c2)CC1. The second-order valence-corrected chi connectivity index (χ2v) is 5.91. The summed E-state index contributed by atoms with van der Waals surface area (Å²) >= 11 is 0. The van der Waals surface area contributed by atoms with Crippen LogP contribution in [0.2, 0.25) is 0 Å². The maximum absolute atomic E-state index is 12.8. The summed E-state index contributed by atoms with van der Waals surface area (Å²) in [6.07, 6.45) is -2.69. The molecule has 1 aromatic carbocycles. The Hall–Kier alpha value is -1.60. The Morgan fingerprint density at radius 3 is 2.71 bits per heavy atom. The van der Waals surface area contributed by atoms with Gasteiger partial charge in [-0.1, -0.05) is 6.07 Å². The molecule has 24 heavy (non-hydrogen) atoms. The van der Waals surface area contributed by atoms with E-state index in [2.05, 4.69) is 4.90 Å². The third-order valence-electron chi connectivity index (χ3n) is 4.14. The predicted octanol–water partition coefficient (Wildman–Crippen LogP) is 2.89. The quantitative estimate of drug-likeness (QED) is 0.770. The fourth-order valence-corrected chi connectivity index (χ4v) is 2.84. The van der Waals surface area contributed by atoms with Crippen LogP contribution in [0.15, 0.2) is 24.3 Å². The first-order valence-corrected chi connectivity index (χ1v) is 8.09. The molecular formula is C17H23F3N2O2. The molecule has 4 nitrogen and oxygen atoms in total. The van der Waals surface area contributed by atoms with Gasteiger partial charge in [0.05, 0.1) is 5.56 Å². The number of amides is 1. The topological polar surface area (TPSA) is 32.8 Å². The van der Waals surface area contributed by atoms with Crippen LogP contribution >= 0.6 is 0 Å². The van der Waals surface area contributed by atoms with Gasteiger partial charge in [-0.25, -0.2) is 0 Å². The molecule has 134 valence electrons. The lowest BCUT2D eigenvalue weighted by atomic mass is 10.1. The third-order valence-corrected chi connectivity index (χ3v) is 4.14. The highest BCUT2D eigenvalue weighted by Gasteiger charge is 2.31. The number of carbonyl (C=O) groups excluding carboxylic acids is 1. The van der Waals surface area contributed by atoms with Gasteiger partial charge < -0.3 is 14.5 Å². The maximum Gasteiger partial charge on any atom is 0.416 e. The largest absolute Gasteiger partial charge is 0.416 e. The molecule has 2 rings (SSSR count). The number of nitrogens with zero attached hydrogens (tertiary/aromatic N) is 2. The Morgan fingerprint density at radius 2 is 2.00 bits per heavy atom. The van der Waals surface area contributed by atoms with Crippen molar-refractivity contribution in [3.63, 3.8) is 0 Å². The fourth-order valence-electron chi connectivity index (χ4n) is 2.84. The van der Waals surface area contributed by atoms with Crippen molar-refractivity contribution in [2.45, 2.75) is 19.0 Å². The molecule has 0 unspecified atom stereocenters. The number of halogens is 3. The zero-order chi connectivity index (χ0) is 17.6. The van der Waals surface area contributed by atoms with Crippen molar-refractivity contribution >= 4 is 5.91 Å². The number of methoxy groups -OCH3 is 1. The van der Waals surface area contributed by atoms with E-state index in [4.69, 9.17) is 4.74 Å². The monoisotopic (exact) mass is 344 g/mol. The Morgan fingerprint density at radius 1 is 1.21 bits per heavy atom. The van der Waals surface area contributed by atoms with E-state index in [9.17, 15) is 18.0 Å². The number of benzene rings is 1. The zero-order valence-corrected chi connectivity index (χ0v) is 13.8. The molecule has 0 radical (unpaired) electrons. The first-order valence-electron chi connectivity index (χ1n) is 8.09. The molecular weight excluding hydrogens is 321 g/mol. The lowest BCUT2D eigenvalue weighted by molar-refractivity contribution is -0.137. The number of hydrogen-bond donors (Lipinski definition) is 0. The van der Waals surface area contributed by atoms with E-state index in [-0.39, 0.29) is 11.5 Å². The minimum Gasteiger partial charge on any atom is -0.385 e. The number of hydrogen-bond acceptors (Lipinski definition) is 3. The van der Waals surface area contributed by atoms with Crippen molar-refractivity contribution in [2.24, 2.45) is 0 Å². The molecule has 1 heterocycles. The second-order valence-electron chi connectivity index (χ2n) is 5.91. The van der Waals surface area contributed by atoms with Crippen molar-refractivity contribution in [3.05, 3.63) is 35.4 Å². The molecule has 0 N–H and O–H groups in total. The molecule has 0 atom stereocenters. The van der Waals surface area contributed by atoms with Gasteiger partial charge in [0.25, 0.3) is 5.91 Å². The molecule has 0 aromatic heterocycles. The van der Waals surface area contributed by atoms with Crippen molar-refractivity contribution in [1.82, 2.24) is 9.80 Å². The predicted molar refractivity (Wildman–Crippen MR) is 84.9 cm³/mol. The van der Waals surface area contributed by atoms with E-state index in [1.54, 1.807) is 12.0 Å². The lowest BCUT2D eigenvalue weighted by Crippen LogP contribution is -2.35. The Balaban J connectivity index is 1.98. The van der Waals surface area contributed by atoms with E-state index in [0.29, 0.717) is 19.7 Å². The third kappa shape index (κ3) is 5.21. The molecule has 0 bridgehead atoms. The Labute approximate surface area is 140 Å². The van der Waals surface area contributed by atoms with Crippen LogP contribution in [0.4, 0.5) is 13.2 Å². The first-order chi connectivity index (χ1) is 11.4. The molecule has 0 aliphatic carbocycles. The van der Waals surface area contributed by atoms with Crippen LogP contribution in [0, 0.1) is 0 Å². The van der Waals surface area contributed by atoms with Gasteiger partial charge in [0.2, 0.25) is 0 Å². The van der Waals surface area contributed by atoms with Gasteiger partial charge in [0, 0.05) is 45.5 Å². The van der Waals surface area contributed by atoms with Gasteiger partial charge in [-0.3, -0.25) is 4.79 Å². The number of rotatable bonds is 5. The summed E-state index contributed by atoms with van der Waals surface area (Å²) in [5.41, 5.74) is -0.693. The number of alkyl halides is 3. The van der Waals surface area contributed by atoms with Gasteiger partial charge >= 0.3 is 6.18 Å².